The lowest BCUT2D eigenvalue weighted by molar-refractivity contribution is -0.0849. The number of nitrogens with one attached hydrogen (secondary N) is 1. The lowest BCUT2D eigenvalue weighted by atomic mass is 9.99. The number of ether oxygens (including phenoxy) is 1. The number of aromatic amines is 1. The molecule has 3 aromatic rings. The minimum Gasteiger partial charge on any atom is -0.387 e. The molecule has 1 aromatic carbocycles. The Hall–Kier alpha value is -2.50. The first-order chi connectivity index (χ1) is 13.4. The molecule has 2 aromatic heterocycles. The molecule has 4 rings (SSSR count). The number of rotatable bonds is 3. The van der Waals surface area contributed by atoms with E-state index in [1.807, 2.05) is 0 Å². The largest absolute Gasteiger partial charge is 0.387 e. The average molecular weight is 410 g/mol. The zero-order chi connectivity index (χ0) is 20.0. The Bertz CT molecular complexity index is 1070. The molecule has 5 atom stereocenters. The highest BCUT2D eigenvalue weighted by atomic mass is 35.5. The highest BCUT2D eigenvalue weighted by molar-refractivity contribution is 6.30. The summed E-state index contributed by atoms with van der Waals surface area (Å²) < 4.78 is 21.4. The maximum Gasteiger partial charge on any atom is 0.186 e. The van der Waals surface area contributed by atoms with Gasteiger partial charge in [0, 0.05) is 11.2 Å². The standard InChI is InChI=1S/C17H17ClFN5O4/c18-8-3-1-7(2-4-8)11(25)14-12(26)13(27)17(28-14)24-5-9(19)10-15(23-20)21-6-22-16(10)24/h1-6,11-14,17,25-27H,20H2,(H,21,22,23)/t11-,12+,13-,14-,17-/m1/s1. The van der Waals surface area contributed by atoms with E-state index < -0.39 is 36.5 Å². The van der Waals surface area contributed by atoms with Crippen LogP contribution >= 0.6 is 11.6 Å². The van der Waals surface area contributed by atoms with Gasteiger partial charge < -0.3 is 35.5 Å². The van der Waals surface area contributed by atoms with E-state index in [0.29, 0.717) is 10.6 Å². The van der Waals surface area contributed by atoms with Gasteiger partial charge >= 0.3 is 0 Å². The molecule has 1 fully saturated rings. The van der Waals surface area contributed by atoms with Gasteiger partial charge in [0.05, 0.1) is 11.7 Å². The molecule has 28 heavy (non-hydrogen) atoms. The second kappa shape index (κ2) is 7.15. The second-order valence-corrected chi connectivity index (χ2v) is 6.87. The molecule has 0 amide bonds. The van der Waals surface area contributed by atoms with Crippen LogP contribution in [0.3, 0.4) is 0 Å². The number of H-pyrrole nitrogens is 1. The number of fused-ring (bicyclic) bond motifs is 1. The number of hydrogen-bond acceptors (Lipinski definition) is 7. The summed E-state index contributed by atoms with van der Waals surface area (Å²) in [4.78, 5) is 6.60. The summed E-state index contributed by atoms with van der Waals surface area (Å²) in [5.74, 6) is 4.56. The first-order valence-electron chi connectivity index (χ1n) is 8.35. The normalized spacial score (nSPS) is 26.8. The van der Waals surface area contributed by atoms with E-state index >= 15 is 0 Å². The fourth-order valence-electron chi connectivity index (χ4n) is 3.40. The van der Waals surface area contributed by atoms with E-state index in [9.17, 15) is 19.7 Å². The summed E-state index contributed by atoms with van der Waals surface area (Å²) in [6.07, 6.45) is -4.06. The van der Waals surface area contributed by atoms with Crippen molar-refractivity contribution in [2.45, 2.75) is 30.6 Å². The van der Waals surface area contributed by atoms with E-state index in [-0.39, 0.29) is 16.5 Å². The Morgan fingerprint density at radius 2 is 2.00 bits per heavy atom. The fraction of sp³-hybridized carbons (Fsp3) is 0.294. The molecule has 11 heteroatoms. The molecule has 0 unspecified atom stereocenters. The van der Waals surface area contributed by atoms with Gasteiger partial charge in [-0.25, -0.2) is 9.37 Å². The van der Waals surface area contributed by atoms with E-state index in [2.05, 4.69) is 15.1 Å². The van der Waals surface area contributed by atoms with Gasteiger partial charge in [-0.15, -0.1) is 0 Å². The summed E-state index contributed by atoms with van der Waals surface area (Å²) in [5.41, 5.74) is 0.621. The number of nitrogens with two attached hydrogens (primary N) is 1. The molecule has 6 N–H and O–H groups in total. The van der Waals surface area contributed by atoms with Crippen LogP contribution < -0.4 is 11.3 Å². The van der Waals surface area contributed by atoms with Crippen molar-refractivity contribution in [3.05, 3.63) is 58.7 Å². The van der Waals surface area contributed by atoms with Crippen LogP contribution in [0.4, 0.5) is 4.39 Å². The van der Waals surface area contributed by atoms with Crippen molar-refractivity contribution < 1.29 is 24.4 Å². The second-order valence-electron chi connectivity index (χ2n) is 6.43. The zero-order valence-electron chi connectivity index (χ0n) is 14.3. The van der Waals surface area contributed by atoms with Crippen LogP contribution in [-0.4, -0.2) is 48.2 Å². The van der Waals surface area contributed by atoms with E-state index in [1.165, 1.54) is 10.9 Å². The molecule has 0 bridgehead atoms. The predicted molar refractivity (Wildman–Crippen MR) is 96.1 cm³/mol. The van der Waals surface area contributed by atoms with E-state index in [1.54, 1.807) is 24.3 Å². The molecule has 1 saturated heterocycles. The third-order valence-electron chi connectivity index (χ3n) is 4.79. The third kappa shape index (κ3) is 2.95. The zero-order valence-corrected chi connectivity index (χ0v) is 15.0. The molecule has 148 valence electrons. The minimum absolute atomic E-state index is 0.0111. The summed E-state index contributed by atoms with van der Waals surface area (Å²) in [6.45, 7) is 0. The Kier molecular flexibility index (Phi) is 4.81. The number of halogens is 2. The molecule has 0 spiro atoms. The van der Waals surface area contributed by atoms with Crippen molar-refractivity contribution in [2.24, 2.45) is 10.9 Å². The lowest BCUT2D eigenvalue weighted by Gasteiger charge is -2.21. The van der Waals surface area contributed by atoms with Gasteiger partial charge in [0.15, 0.2) is 17.5 Å². The van der Waals surface area contributed by atoms with Gasteiger partial charge in [-0.3, -0.25) is 0 Å². The van der Waals surface area contributed by atoms with E-state index in [4.69, 9.17) is 22.2 Å². The van der Waals surface area contributed by atoms with Crippen LogP contribution in [0.5, 0.6) is 0 Å². The summed E-state index contributed by atoms with van der Waals surface area (Å²) >= 11 is 5.85. The van der Waals surface area contributed by atoms with Gasteiger partial charge in [0.1, 0.15) is 30.1 Å². The summed E-state index contributed by atoms with van der Waals surface area (Å²) in [7, 11) is 0. The summed E-state index contributed by atoms with van der Waals surface area (Å²) in [6, 6.07) is 6.35. The van der Waals surface area contributed by atoms with Crippen LogP contribution in [0.25, 0.3) is 11.0 Å². The topological polar surface area (TPSA) is 142 Å². The third-order valence-corrected chi connectivity index (χ3v) is 5.04. The number of benzene rings is 1. The first-order valence-corrected chi connectivity index (χ1v) is 8.73. The van der Waals surface area contributed by atoms with Gasteiger partial charge in [0.25, 0.3) is 0 Å². The van der Waals surface area contributed by atoms with Gasteiger partial charge in [-0.2, -0.15) is 5.10 Å². The molecule has 3 heterocycles. The molecule has 9 nitrogen and oxygen atoms in total. The SMILES string of the molecule is N/N=c1/nc[nH]c2c1c(F)cn2[C@@H]1O[C@H]([C@H](O)c2ccc(Cl)cc2)[C@@H](O)[C@H]1O. The van der Waals surface area contributed by atoms with Crippen LogP contribution in [-0.2, 0) is 4.74 Å². The molecule has 0 aliphatic carbocycles. The minimum atomic E-state index is -1.43. The molecule has 0 radical (unpaired) electrons. The Balaban J connectivity index is 1.71. The van der Waals surface area contributed by atoms with Crippen molar-refractivity contribution in [1.29, 1.82) is 0 Å². The quantitative estimate of drug-likeness (QED) is 0.311. The van der Waals surface area contributed by atoms with Crippen molar-refractivity contribution in [2.75, 3.05) is 0 Å². The van der Waals surface area contributed by atoms with Gasteiger partial charge in [0.2, 0.25) is 0 Å². The smallest absolute Gasteiger partial charge is 0.186 e. The van der Waals surface area contributed by atoms with Crippen molar-refractivity contribution in [3.8, 4) is 0 Å². The van der Waals surface area contributed by atoms with Gasteiger partial charge in [-0.1, -0.05) is 23.7 Å². The average Bonchev–Trinajstić information content (AvgIpc) is 3.19. The number of aliphatic hydroxyl groups is 3. The van der Waals surface area contributed by atoms with Crippen molar-refractivity contribution >= 4 is 22.6 Å². The Morgan fingerprint density at radius 3 is 2.68 bits per heavy atom. The van der Waals surface area contributed by atoms with Crippen molar-refractivity contribution in [3.63, 3.8) is 0 Å². The van der Waals surface area contributed by atoms with Crippen LogP contribution in [0, 0.1) is 5.82 Å². The number of aromatic nitrogens is 3. The number of hydrogen-bond donors (Lipinski definition) is 5. The highest BCUT2D eigenvalue weighted by Gasteiger charge is 2.47. The number of nitrogens with zero attached hydrogens (tertiary/aromatic N) is 3. The maximum absolute atomic E-state index is 14.4. The molecule has 1 aliphatic rings. The van der Waals surface area contributed by atoms with E-state index in [0.717, 1.165) is 6.20 Å². The Labute approximate surface area is 162 Å². The van der Waals surface area contributed by atoms with Gasteiger partial charge in [-0.05, 0) is 17.7 Å². The Morgan fingerprint density at radius 1 is 1.29 bits per heavy atom. The predicted octanol–water partition coefficient (Wildman–Crippen LogP) is 0.284. The van der Waals surface area contributed by atoms with Crippen LogP contribution in [0.1, 0.15) is 17.9 Å². The van der Waals surface area contributed by atoms with Crippen LogP contribution in [0.2, 0.25) is 5.02 Å². The highest BCUT2D eigenvalue weighted by Crippen LogP contribution is 2.37. The lowest BCUT2D eigenvalue weighted by Crippen LogP contribution is -2.34. The molecule has 0 saturated carbocycles. The number of aliphatic hydroxyl groups excluding tert-OH is 3. The molecular weight excluding hydrogens is 393 g/mol. The molecular formula is C17H17ClFN5O4. The monoisotopic (exact) mass is 409 g/mol. The van der Waals surface area contributed by atoms with Crippen molar-refractivity contribution in [1.82, 2.24) is 14.5 Å². The molecule has 1 aliphatic heterocycles. The first kappa shape index (κ1) is 18.8. The summed E-state index contributed by atoms with van der Waals surface area (Å²) in [5, 5.41) is 35.4. The maximum atomic E-state index is 14.4. The fourth-order valence-corrected chi connectivity index (χ4v) is 3.52. The van der Waals surface area contributed by atoms with Crippen LogP contribution in [0.15, 0.2) is 41.9 Å².